The summed E-state index contributed by atoms with van der Waals surface area (Å²) in [4.78, 5) is 5.75. The van der Waals surface area contributed by atoms with Crippen molar-refractivity contribution in [1.82, 2.24) is 0 Å². The standard InChI is InChI=1S/C16H14F3N3/c17-16(18,19)12-6-2-3-7-13(12)21-15(20)22-10-9-11-5-1-4-8-14(11)22/h1-8H,9-10H2,(H2,20,21). The zero-order chi connectivity index (χ0) is 15.7. The van der Waals surface area contributed by atoms with Crippen LogP contribution in [0.2, 0.25) is 0 Å². The highest BCUT2D eigenvalue weighted by molar-refractivity contribution is 5.98. The molecule has 3 nitrogen and oxygen atoms in total. The quantitative estimate of drug-likeness (QED) is 0.644. The summed E-state index contributed by atoms with van der Waals surface area (Å²) in [5.74, 6) is 0.0710. The molecule has 2 N–H and O–H groups in total. The molecule has 0 aromatic heterocycles. The molecule has 0 fully saturated rings. The van der Waals surface area contributed by atoms with Crippen LogP contribution in [0.15, 0.2) is 53.5 Å². The number of benzene rings is 2. The minimum atomic E-state index is -4.46. The molecular weight excluding hydrogens is 291 g/mol. The first-order valence-corrected chi connectivity index (χ1v) is 6.82. The van der Waals surface area contributed by atoms with Crippen LogP contribution in [0.1, 0.15) is 11.1 Å². The minimum Gasteiger partial charge on any atom is -0.369 e. The van der Waals surface area contributed by atoms with Gasteiger partial charge in [-0.15, -0.1) is 0 Å². The first-order valence-electron chi connectivity index (χ1n) is 6.82. The van der Waals surface area contributed by atoms with Crippen LogP contribution in [0, 0.1) is 0 Å². The lowest BCUT2D eigenvalue weighted by Crippen LogP contribution is -2.35. The van der Waals surface area contributed by atoms with Crippen LogP contribution < -0.4 is 10.6 Å². The molecule has 6 heteroatoms. The van der Waals surface area contributed by atoms with Gasteiger partial charge in [0.2, 0.25) is 5.96 Å². The summed E-state index contributed by atoms with van der Waals surface area (Å²) in [5.41, 5.74) is 7.00. The number of anilines is 1. The number of nitrogens with zero attached hydrogens (tertiary/aromatic N) is 2. The summed E-state index contributed by atoms with van der Waals surface area (Å²) in [6.45, 7) is 0.614. The number of alkyl halides is 3. The van der Waals surface area contributed by atoms with Gasteiger partial charge in [0.05, 0.1) is 11.3 Å². The highest BCUT2D eigenvalue weighted by atomic mass is 19.4. The molecule has 0 amide bonds. The van der Waals surface area contributed by atoms with E-state index in [0.29, 0.717) is 6.54 Å². The van der Waals surface area contributed by atoms with Gasteiger partial charge in [0.25, 0.3) is 0 Å². The summed E-state index contributed by atoms with van der Waals surface area (Å²) in [6, 6.07) is 12.8. The van der Waals surface area contributed by atoms with Crippen molar-refractivity contribution in [1.29, 1.82) is 0 Å². The second kappa shape index (κ2) is 5.36. The fourth-order valence-corrected chi connectivity index (χ4v) is 2.57. The topological polar surface area (TPSA) is 41.6 Å². The van der Waals surface area contributed by atoms with E-state index in [-0.39, 0.29) is 11.6 Å². The van der Waals surface area contributed by atoms with E-state index in [0.717, 1.165) is 23.7 Å². The number of nitrogens with two attached hydrogens (primary N) is 1. The lowest BCUT2D eigenvalue weighted by Gasteiger charge is -2.18. The van der Waals surface area contributed by atoms with Crippen LogP contribution in [-0.4, -0.2) is 12.5 Å². The van der Waals surface area contributed by atoms with Crippen LogP contribution in [0.4, 0.5) is 24.5 Å². The van der Waals surface area contributed by atoms with Crippen molar-refractivity contribution >= 4 is 17.3 Å². The van der Waals surface area contributed by atoms with Crippen molar-refractivity contribution in [2.45, 2.75) is 12.6 Å². The zero-order valence-corrected chi connectivity index (χ0v) is 11.6. The lowest BCUT2D eigenvalue weighted by atomic mass is 10.2. The predicted octanol–water partition coefficient (Wildman–Crippen LogP) is 3.71. The number of rotatable bonds is 1. The number of aliphatic imine (C=N–C) groups is 1. The van der Waals surface area contributed by atoms with E-state index < -0.39 is 11.7 Å². The molecule has 0 unspecified atom stereocenters. The van der Waals surface area contributed by atoms with Gasteiger partial charge in [0.1, 0.15) is 0 Å². The van der Waals surface area contributed by atoms with Gasteiger partial charge in [-0.2, -0.15) is 13.2 Å². The second-order valence-electron chi connectivity index (χ2n) is 5.02. The maximum absolute atomic E-state index is 13.0. The Hall–Kier alpha value is -2.50. The van der Waals surface area contributed by atoms with Crippen molar-refractivity contribution in [3.63, 3.8) is 0 Å². The predicted molar refractivity (Wildman–Crippen MR) is 80.2 cm³/mol. The molecule has 1 aliphatic rings. The van der Waals surface area contributed by atoms with Gasteiger partial charge in [-0.25, -0.2) is 4.99 Å². The van der Waals surface area contributed by atoms with Crippen molar-refractivity contribution in [2.75, 3.05) is 11.4 Å². The highest BCUT2D eigenvalue weighted by Crippen LogP contribution is 2.36. The third kappa shape index (κ3) is 2.64. The molecule has 2 aromatic carbocycles. The van der Waals surface area contributed by atoms with Crippen LogP contribution in [0.5, 0.6) is 0 Å². The highest BCUT2D eigenvalue weighted by Gasteiger charge is 2.33. The van der Waals surface area contributed by atoms with E-state index in [4.69, 9.17) is 5.73 Å². The van der Waals surface area contributed by atoms with Crippen LogP contribution in [-0.2, 0) is 12.6 Å². The average Bonchev–Trinajstić information content (AvgIpc) is 2.90. The van der Waals surface area contributed by atoms with E-state index in [2.05, 4.69) is 4.99 Å². The lowest BCUT2D eigenvalue weighted by molar-refractivity contribution is -0.137. The summed E-state index contributed by atoms with van der Waals surface area (Å²) in [6.07, 6.45) is -3.66. The van der Waals surface area contributed by atoms with Gasteiger partial charge < -0.3 is 10.6 Å². The molecule has 114 valence electrons. The molecule has 0 atom stereocenters. The van der Waals surface area contributed by atoms with E-state index in [1.165, 1.54) is 18.2 Å². The van der Waals surface area contributed by atoms with Gasteiger partial charge >= 0.3 is 6.18 Å². The largest absolute Gasteiger partial charge is 0.418 e. The maximum atomic E-state index is 13.0. The Morgan fingerprint density at radius 1 is 1.05 bits per heavy atom. The van der Waals surface area contributed by atoms with E-state index >= 15 is 0 Å². The Morgan fingerprint density at radius 2 is 1.73 bits per heavy atom. The Bertz CT molecular complexity index is 723. The monoisotopic (exact) mass is 305 g/mol. The fraction of sp³-hybridized carbons (Fsp3) is 0.188. The summed E-state index contributed by atoms with van der Waals surface area (Å²) in [7, 11) is 0. The molecule has 0 radical (unpaired) electrons. The van der Waals surface area contributed by atoms with Crippen molar-refractivity contribution in [3.8, 4) is 0 Å². The zero-order valence-electron chi connectivity index (χ0n) is 11.6. The summed E-state index contributed by atoms with van der Waals surface area (Å²) < 4.78 is 39.0. The maximum Gasteiger partial charge on any atom is 0.418 e. The fourth-order valence-electron chi connectivity index (χ4n) is 2.57. The first kappa shape index (κ1) is 14.4. The SMILES string of the molecule is NC(=Nc1ccccc1C(F)(F)F)N1CCc2ccccc21. The minimum absolute atomic E-state index is 0.0710. The summed E-state index contributed by atoms with van der Waals surface area (Å²) in [5, 5.41) is 0. The Labute approximate surface area is 125 Å². The number of hydrogen-bond donors (Lipinski definition) is 1. The molecule has 1 heterocycles. The molecule has 0 saturated heterocycles. The molecule has 0 saturated carbocycles. The third-order valence-corrected chi connectivity index (χ3v) is 3.61. The van der Waals surface area contributed by atoms with Crippen molar-refractivity contribution in [3.05, 3.63) is 59.7 Å². The number of para-hydroxylation sites is 2. The molecule has 3 rings (SSSR count). The van der Waals surface area contributed by atoms with E-state index in [9.17, 15) is 13.2 Å². The van der Waals surface area contributed by atoms with Crippen LogP contribution in [0.3, 0.4) is 0 Å². The number of halogens is 3. The third-order valence-electron chi connectivity index (χ3n) is 3.61. The molecule has 0 spiro atoms. The number of fused-ring (bicyclic) bond motifs is 1. The van der Waals surface area contributed by atoms with E-state index in [1.807, 2.05) is 24.3 Å². The van der Waals surface area contributed by atoms with Crippen LogP contribution >= 0.6 is 0 Å². The molecule has 2 aromatic rings. The smallest absolute Gasteiger partial charge is 0.369 e. The van der Waals surface area contributed by atoms with Gasteiger partial charge in [-0.1, -0.05) is 30.3 Å². The van der Waals surface area contributed by atoms with Crippen molar-refractivity contribution < 1.29 is 13.2 Å². The molecule has 0 aliphatic carbocycles. The second-order valence-corrected chi connectivity index (χ2v) is 5.02. The van der Waals surface area contributed by atoms with Gasteiger partial charge in [0.15, 0.2) is 0 Å². The van der Waals surface area contributed by atoms with Crippen molar-refractivity contribution in [2.24, 2.45) is 10.7 Å². The Morgan fingerprint density at radius 3 is 2.50 bits per heavy atom. The number of guanidine groups is 1. The van der Waals surface area contributed by atoms with Gasteiger partial charge in [0, 0.05) is 12.2 Å². The van der Waals surface area contributed by atoms with Crippen LogP contribution in [0.25, 0.3) is 0 Å². The molecule has 22 heavy (non-hydrogen) atoms. The van der Waals surface area contributed by atoms with Gasteiger partial charge in [-0.3, -0.25) is 0 Å². The number of hydrogen-bond acceptors (Lipinski definition) is 1. The normalized spacial score (nSPS) is 15.0. The average molecular weight is 305 g/mol. The van der Waals surface area contributed by atoms with E-state index in [1.54, 1.807) is 4.90 Å². The molecule has 0 bridgehead atoms. The van der Waals surface area contributed by atoms with Gasteiger partial charge in [-0.05, 0) is 30.2 Å². The Balaban J connectivity index is 1.97. The molecule has 1 aliphatic heterocycles. The Kier molecular flexibility index (Phi) is 3.52. The first-order chi connectivity index (χ1) is 10.5. The molecular formula is C16H14F3N3. The summed E-state index contributed by atoms with van der Waals surface area (Å²) >= 11 is 0.